The Balaban J connectivity index is 1.76. The van der Waals surface area contributed by atoms with Crippen LogP contribution < -0.4 is 0 Å². The minimum absolute atomic E-state index is 0.0132. The van der Waals surface area contributed by atoms with Crippen molar-refractivity contribution in [1.29, 1.82) is 0 Å². The Kier molecular flexibility index (Phi) is 3.72. The molecule has 2 heterocycles. The molecule has 29 heavy (non-hydrogen) atoms. The third-order valence-electron chi connectivity index (χ3n) is 5.78. The quantitative estimate of drug-likeness (QED) is 0.737. The lowest BCUT2D eigenvalue weighted by Gasteiger charge is -2.39. The maximum Gasteiger partial charge on any atom is 0.247 e. The minimum Gasteiger partial charge on any atom is -0.457 e. The predicted octanol–water partition coefficient (Wildman–Crippen LogP) is 4.17. The summed E-state index contributed by atoms with van der Waals surface area (Å²) in [7, 11) is 0. The first kappa shape index (κ1) is 17.7. The van der Waals surface area contributed by atoms with Gasteiger partial charge in [-0.1, -0.05) is 44.2 Å². The normalized spacial score (nSPS) is 22.7. The molecule has 1 aromatic heterocycles. The molecule has 5 heteroatoms. The molecule has 5 rings (SSSR count). The van der Waals surface area contributed by atoms with Crippen molar-refractivity contribution in [3.63, 3.8) is 0 Å². The van der Waals surface area contributed by atoms with E-state index in [0.29, 0.717) is 24.2 Å². The fourth-order valence-electron chi connectivity index (χ4n) is 4.55. The van der Waals surface area contributed by atoms with E-state index in [-0.39, 0.29) is 39.6 Å². The molecule has 0 fully saturated rings. The molecule has 2 aromatic rings. The van der Waals surface area contributed by atoms with Gasteiger partial charge in [-0.3, -0.25) is 19.4 Å². The predicted molar refractivity (Wildman–Crippen MR) is 105 cm³/mol. The van der Waals surface area contributed by atoms with Gasteiger partial charge in [-0.05, 0) is 23.1 Å². The molecule has 1 aliphatic heterocycles. The molecule has 0 bridgehead atoms. The highest BCUT2D eigenvalue weighted by molar-refractivity contribution is 6.27. The summed E-state index contributed by atoms with van der Waals surface area (Å²) in [6.45, 7) is 4.01. The number of nitrogens with zero attached hydrogens (tertiary/aromatic N) is 1. The number of Topliss-reactive ketones (excluding diaryl/α,β-unsaturated/α-hetero) is 3. The first-order valence-electron chi connectivity index (χ1n) is 9.65. The average Bonchev–Trinajstić information content (AvgIpc) is 2.70. The number of hydrogen-bond acceptors (Lipinski definition) is 5. The molecule has 1 unspecified atom stereocenters. The lowest BCUT2D eigenvalue weighted by molar-refractivity contribution is -0.119. The number of carbonyl (C=O) groups is 3. The highest BCUT2D eigenvalue weighted by atomic mass is 16.5. The molecule has 0 saturated heterocycles. The first-order chi connectivity index (χ1) is 13.9. The van der Waals surface area contributed by atoms with Crippen molar-refractivity contribution in [3.05, 3.63) is 88.1 Å². The summed E-state index contributed by atoms with van der Waals surface area (Å²) in [5.41, 5.74) is 1.64. The van der Waals surface area contributed by atoms with Gasteiger partial charge in [0.15, 0.2) is 17.3 Å². The number of fused-ring (bicyclic) bond motifs is 1. The summed E-state index contributed by atoms with van der Waals surface area (Å²) in [5.74, 6) is -0.838. The van der Waals surface area contributed by atoms with Crippen LogP contribution in [0.15, 0.2) is 71.3 Å². The summed E-state index contributed by atoms with van der Waals surface area (Å²) in [6.07, 6.45) is 2.40. The van der Waals surface area contributed by atoms with Gasteiger partial charge in [0.2, 0.25) is 5.78 Å². The van der Waals surface area contributed by atoms with E-state index in [1.807, 2.05) is 44.2 Å². The van der Waals surface area contributed by atoms with Gasteiger partial charge >= 0.3 is 0 Å². The molecule has 0 saturated carbocycles. The van der Waals surface area contributed by atoms with Crippen LogP contribution in [-0.4, -0.2) is 22.3 Å². The van der Waals surface area contributed by atoms with E-state index >= 15 is 0 Å². The Morgan fingerprint density at radius 1 is 0.931 bits per heavy atom. The second kappa shape index (κ2) is 6.08. The first-order valence-corrected chi connectivity index (χ1v) is 9.65. The van der Waals surface area contributed by atoms with Gasteiger partial charge in [0.25, 0.3) is 0 Å². The van der Waals surface area contributed by atoms with Crippen molar-refractivity contribution >= 4 is 17.3 Å². The summed E-state index contributed by atoms with van der Waals surface area (Å²) >= 11 is 0. The maximum absolute atomic E-state index is 13.4. The molecule has 0 amide bonds. The SMILES string of the molecule is CC1(C)CC(=O)C2=C(C1)OC1=C(C(=O)c3cccnc3C1=O)C2c1ccccc1. The van der Waals surface area contributed by atoms with Gasteiger partial charge in [0.1, 0.15) is 11.5 Å². The Labute approximate surface area is 168 Å². The minimum atomic E-state index is -0.608. The van der Waals surface area contributed by atoms with Gasteiger partial charge < -0.3 is 4.74 Å². The van der Waals surface area contributed by atoms with Crippen LogP contribution in [0, 0.1) is 5.41 Å². The fraction of sp³-hybridized carbons (Fsp3) is 0.250. The van der Waals surface area contributed by atoms with Crippen LogP contribution in [0.4, 0.5) is 0 Å². The third kappa shape index (κ3) is 2.61. The van der Waals surface area contributed by atoms with E-state index in [1.165, 1.54) is 6.20 Å². The van der Waals surface area contributed by atoms with Crippen LogP contribution in [0.2, 0.25) is 0 Å². The number of ether oxygens (including phenoxy) is 1. The molecule has 144 valence electrons. The van der Waals surface area contributed by atoms with Gasteiger partial charge in [0.05, 0.1) is 11.1 Å². The van der Waals surface area contributed by atoms with Crippen molar-refractivity contribution < 1.29 is 19.1 Å². The Hall–Kier alpha value is -3.34. The van der Waals surface area contributed by atoms with E-state index in [4.69, 9.17) is 4.74 Å². The molecule has 2 aliphatic carbocycles. The molecule has 0 radical (unpaired) electrons. The van der Waals surface area contributed by atoms with Crippen LogP contribution in [0.3, 0.4) is 0 Å². The molecule has 5 nitrogen and oxygen atoms in total. The zero-order chi connectivity index (χ0) is 20.3. The Morgan fingerprint density at radius 3 is 2.45 bits per heavy atom. The van der Waals surface area contributed by atoms with Crippen LogP contribution in [0.1, 0.15) is 59.0 Å². The molecule has 1 atom stereocenters. The van der Waals surface area contributed by atoms with Crippen LogP contribution in [-0.2, 0) is 9.53 Å². The standard InChI is InChI=1S/C24H19NO4/c1-24(2)11-15(26)18-16(12-24)29-23-19(17(18)13-7-4-3-5-8-13)21(27)14-9-6-10-25-20(14)22(23)28/h3-10,17H,11-12H2,1-2H3. The van der Waals surface area contributed by atoms with Gasteiger partial charge in [-0.2, -0.15) is 0 Å². The fourth-order valence-corrected chi connectivity index (χ4v) is 4.55. The Bertz CT molecular complexity index is 1150. The molecule has 0 spiro atoms. The van der Waals surface area contributed by atoms with Gasteiger partial charge in [-0.25, -0.2) is 0 Å². The molecule has 1 aromatic carbocycles. The van der Waals surface area contributed by atoms with Crippen LogP contribution >= 0.6 is 0 Å². The van der Waals surface area contributed by atoms with E-state index in [0.717, 1.165) is 5.56 Å². The monoisotopic (exact) mass is 385 g/mol. The lowest BCUT2D eigenvalue weighted by Crippen LogP contribution is -2.37. The van der Waals surface area contributed by atoms with Gasteiger partial charge in [0, 0.05) is 30.5 Å². The zero-order valence-electron chi connectivity index (χ0n) is 16.2. The van der Waals surface area contributed by atoms with Crippen molar-refractivity contribution in [2.24, 2.45) is 5.41 Å². The summed E-state index contributed by atoms with van der Waals surface area (Å²) in [5, 5.41) is 0. The number of rotatable bonds is 1. The highest BCUT2D eigenvalue weighted by Crippen LogP contribution is 2.50. The summed E-state index contributed by atoms with van der Waals surface area (Å²) < 4.78 is 6.02. The number of benzene rings is 1. The van der Waals surface area contributed by atoms with Crippen molar-refractivity contribution in [2.75, 3.05) is 0 Å². The topological polar surface area (TPSA) is 73.3 Å². The molecule has 3 aliphatic rings. The third-order valence-corrected chi connectivity index (χ3v) is 5.78. The van der Waals surface area contributed by atoms with E-state index < -0.39 is 11.7 Å². The highest BCUT2D eigenvalue weighted by Gasteiger charge is 2.48. The number of ketones is 3. The zero-order valence-corrected chi connectivity index (χ0v) is 16.2. The maximum atomic E-state index is 13.4. The number of hydrogen-bond donors (Lipinski definition) is 0. The molecular formula is C24H19NO4. The van der Waals surface area contributed by atoms with Gasteiger partial charge in [-0.15, -0.1) is 0 Å². The average molecular weight is 385 g/mol. The van der Waals surface area contributed by atoms with Crippen molar-refractivity contribution in [3.8, 4) is 0 Å². The second-order valence-corrected chi connectivity index (χ2v) is 8.52. The van der Waals surface area contributed by atoms with Crippen LogP contribution in [0.5, 0.6) is 0 Å². The molecule has 0 N–H and O–H groups in total. The summed E-state index contributed by atoms with van der Waals surface area (Å²) in [6, 6.07) is 12.6. The van der Waals surface area contributed by atoms with E-state index in [1.54, 1.807) is 12.1 Å². The van der Waals surface area contributed by atoms with E-state index in [9.17, 15) is 14.4 Å². The summed E-state index contributed by atoms with van der Waals surface area (Å²) in [4.78, 5) is 43.9. The Morgan fingerprint density at radius 2 is 1.69 bits per heavy atom. The second-order valence-electron chi connectivity index (χ2n) is 8.52. The molecular weight excluding hydrogens is 366 g/mol. The van der Waals surface area contributed by atoms with Crippen molar-refractivity contribution in [1.82, 2.24) is 4.98 Å². The van der Waals surface area contributed by atoms with E-state index in [2.05, 4.69) is 4.98 Å². The number of aromatic nitrogens is 1. The van der Waals surface area contributed by atoms with Crippen LogP contribution in [0.25, 0.3) is 0 Å². The number of pyridine rings is 1. The lowest BCUT2D eigenvalue weighted by atomic mass is 9.68. The number of carbonyl (C=O) groups excluding carboxylic acids is 3. The number of allylic oxidation sites excluding steroid dienone is 4. The van der Waals surface area contributed by atoms with Crippen molar-refractivity contribution in [2.45, 2.75) is 32.6 Å². The largest absolute Gasteiger partial charge is 0.457 e. The smallest absolute Gasteiger partial charge is 0.247 e.